The number of carbonyl (C=O) groups is 2. The van der Waals surface area contributed by atoms with Gasteiger partial charge in [0.05, 0.1) is 6.04 Å². The molecule has 2 rings (SSSR count). The lowest BCUT2D eigenvalue weighted by molar-refractivity contribution is -0.140. The van der Waals surface area contributed by atoms with Crippen molar-refractivity contribution in [3.05, 3.63) is 35.4 Å². The molecule has 3 amide bonds. The maximum absolute atomic E-state index is 12.3. The van der Waals surface area contributed by atoms with Gasteiger partial charge in [-0.15, -0.1) is 0 Å². The summed E-state index contributed by atoms with van der Waals surface area (Å²) in [6.45, 7) is 6.14. The van der Waals surface area contributed by atoms with Crippen molar-refractivity contribution in [2.75, 3.05) is 0 Å². The first-order valence-electron chi connectivity index (χ1n) is 7.75. The van der Waals surface area contributed by atoms with Gasteiger partial charge >= 0.3 is 6.03 Å². The highest BCUT2D eigenvalue weighted by atomic mass is 16.2. The smallest absolute Gasteiger partial charge is 0.324 e. The molecule has 114 valence electrons. The zero-order valence-electron chi connectivity index (χ0n) is 13.1. The lowest BCUT2D eigenvalue weighted by Gasteiger charge is -2.38. The standard InChI is InChI=1S/C17H24N2O2/c1-4-6-15(13-9-7-12(3)8-10-13)18-17(21)19-14(5-2)11-16(19)20/h7-10,14-15H,4-6,11H2,1-3H3,(H,18,21). The monoisotopic (exact) mass is 288 g/mol. The SMILES string of the molecule is CCCC(NC(=O)N1C(=O)CC1CC)c1ccc(C)cc1. The highest BCUT2D eigenvalue weighted by molar-refractivity contribution is 5.99. The van der Waals surface area contributed by atoms with E-state index in [1.807, 2.05) is 38.1 Å². The number of amides is 3. The maximum atomic E-state index is 12.3. The topological polar surface area (TPSA) is 49.4 Å². The fourth-order valence-electron chi connectivity index (χ4n) is 2.72. The number of hydrogen-bond donors (Lipinski definition) is 1. The van der Waals surface area contributed by atoms with Crippen LogP contribution in [-0.4, -0.2) is 22.9 Å². The van der Waals surface area contributed by atoms with Crippen molar-refractivity contribution in [2.24, 2.45) is 0 Å². The van der Waals surface area contributed by atoms with Gasteiger partial charge in [-0.2, -0.15) is 0 Å². The lowest BCUT2D eigenvalue weighted by atomic mass is 9.99. The summed E-state index contributed by atoms with van der Waals surface area (Å²) in [6, 6.07) is 7.97. The second-order valence-electron chi connectivity index (χ2n) is 5.73. The summed E-state index contributed by atoms with van der Waals surface area (Å²) in [4.78, 5) is 25.3. The van der Waals surface area contributed by atoms with Crippen molar-refractivity contribution in [3.8, 4) is 0 Å². The van der Waals surface area contributed by atoms with Crippen LogP contribution in [0.4, 0.5) is 4.79 Å². The highest BCUT2D eigenvalue weighted by Crippen LogP contribution is 2.24. The predicted molar refractivity (Wildman–Crippen MR) is 82.9 cm³/mol. The normalized spacial score (nSPS) is 19.1. The summed E-state index contributed by atoms with van der Waals surface area (Å²) in [5.74, 6) is -0.0708. The molecule has 2 unspecified atom stereocenters. The van der Waals surface area contributed by atoms with Crippen LogP contribution in [0, 0.1) is 6.92 Å². The molecule has 21 heavy (non-hydrogen) atoms. The van der Waals surface area contributed by atoms with Gasteiger partial charge in [0, 0.05) is 12.5 Å². The minimum Gasteiger partial charge on any atom is -0.331 e. The highest BCUT2D eigenvalue weighted by Gasteiger charge is 2.39. The summed E-state index contributed by atoms with van der Waals surface area (Å²) in [7, 11) is 0. The zero-order chi connectivity index (χ0) is 15.4. The quantitative estimate of drug-likeness (QED) is 0.842. The Hall–Kier alpha value is -1.84. The molecular weight excluding hydrogens is 264 g/mol. The molecule has 1 aliphatic rings. The molecule has 4 nitrogen and oxygen atoms in total. The Morgan fingerprint density at radius 1 is 1.33 bits per heavy atom. The molecule has 1 aromatic rings. The van der Waals surface area contributed by atoms with Gasteiger partial charge in [0.1, 0.15) is 0 Å². The van der Waals surface area contributed by atoms with Crippen molar-refractivity contribution in [1.29, 1.82) is 0 Å². The number of benzene rings is 1. The van der Waals surface area contributed by atoms with Crippen LogP contribution in [0.3, 0.4) is 0 Å². The molecule has 0 spiro atoms. The molecule has 1 saturated heterocycles. The molecule has 0 bridgehead atoms. The average Bonchev–Trinajstić information content (AvgIpc) is 2.44. The van der Waals surface area contributed by atoms with Gasteiger partial charge in [-0.25, -0.2) is 4.79 Å². The van der Waals surface area contributed by atoms with Gasteiger partial charge in [0.2, 0.25) is 5.91 Å². The van der Waals surface area contributed by atoms with Crippen molar-refractivity contribution < 1.29 is 9.59 Å². The number of hydrogen-bond acceptors (Lipinski definition) is 2. The van der Waals surface area contributed by atoms with E-state index in [1.54, 1.807) is 0 Å². The third-order valence-corrected chi connectivity index (χ3v) is 4.09. The summed E-state index contributed by atoms with van der Waals surface area (Å²) < 4.78 is 0. The number of β-lactam (4-membered cyclic amide) rings is 1. The fraction of sp³-hybridized carbons (Fsp3) is 0.529. The number of nitrogens with one attached hydrogen (secondary N) is 1. The minimum absolute atomic E-state index is 0.0333. The third-order valence-electron chi connectivity index (χ3n) is 4.09. The summed E-state index contributed by atoms with van der Waals surface area (Å²) in [5.41, 5.74) is 2.29. The minimum atomic E-state index is -0.253. The fourth-order valence-corrected chi connectivity index (χ4v) is 2.72. The van der Waals surface area contributed by atoms with Crippen LogP contribution in [-0.2, 0) is 4.79 Å². The molecule has 1 heterocycles. The van der Waals surface area contributed by atoms with Gasteiger partial charge in [-0.1, -0.05) is 50.1 Å². The number of imide groups is 1. The van der Waals surface area contributed by atoms with Crippen LogP contribution >= 0.6 is 0 Å². The second kappa shape index (κ2) is 6.74. The molecule has 1 aromatic carbocycles. The molecule has 0 aliphatic carbocycles. The number of aryl methyl sites for hydroxylation is 1. The van der Waals surface area contributed by atoms with Crippen LogP contribution in [0.15, 0.2) is 24.3 Å². The van der Waals surface area contributed by atoms with Crippen molar-refractivity contribution >= 4 is 11.9 Å². The van der Waals surface area contributed by atoms with E-state index in [0.717, 1.165) is 24.8 Å². The predicted octanol–water partition coefficient (Wildman–Crippen LogP) is 3.56. The Morgan fingerprint density at radius 2 is 2.00 bits per heavy atom. The summed E-state index contributed by atoms with van der Waals surface area (Å²) >= 11 is 0. The Morgan fingerprint density at radius 3 is 2.52 bits per heavy atom. The van der Waals surface area contributed by atoms with E-state index in [4.69, 9.17) is 0 Å². The van der Waals surface area contributed by atoms with Crippen LogP contribution in [0.2, 0.25) is 0 Å². The second-order valence-corrected chi connectivity index (χ2v) is 5.73. The lowest BCUT2D eigenvalue weighted by Crippen LogP contribution is -2.58. The first kappa shape index (κ1) is 15.5. The zero-order valence-corrected chi connectivity index (χ0v) is 13.1. The van der Waals surface area contributed by atoms with Gasteiger partial charge in [-0.05, 0) is 25.3 Å². The first-order valence-corrected chi connectivity index (χ1v) is 7.75. The van der Waals surface area contributed by atoms with E-state index < -0.39 is 0 Å². The van der Waals surface area contributed by atoms with Gasteiger partial charge in [-0.3, -0.25) is 9.69 Å². The Kier molecular flexibility index (Phi) is 4.99. The largest absolute Gasteiger partial charge is 0.331 e. The Balaban J connectivity index is 2.07. The van der Waals surface area contributed by atoms with Crippen LogP contribution in [0.5, 0.6) is 0 Å². The van der Waals surface area contributed by atoms with Gasteiger partial charge in [0.25, 0.3) is 0 Å². The number of urea groups is 1. The van der Waals surface area contributed by atoms with E-state index >= 15 is 0 Å². The Labute approximate surface area is 126 Å². The van der Waals surface area contributed by atoms with Crippen molar-refractivity contribution in [3.63, 3.8) is 0 Å². The first-order chi connectivity index (χ1) is 10.1. The molecule has 0 saturated carbocycles. The number of rotatable bonds is 5. The number of likely N-dealkylation sites (tertiary alicyclic amines) is 1. The van der Waals surface area contributed by atoms with E-state index in [9.17, 15) is 9.59 Å². The van der Waals surface area contributed by atoms with Crippen LogP contribution in [0.1, 0.15) is 56.7 Å². The van der Waals surface area contributed by atoms with Gasteiger partial charge in [0.15, 0.2) is 0 Å². The van der Waals surface area contributed by atoms with Crippen LogP contribution in [0.25, 0.3) is 0 Å². The molecule has 1 fully saturated rings. The van der Waals surface area contributed by atoms with Gasteiger partial charge < -0.3 is 5.32 Å². The van der Waals surface area contributed by atoms with Crippen LogP contribution < -0.4 is 5.32 Å². The molecule has 0 aromatic heterocycles. The van der Waals surface area contributed by atoms with Crippen molar-refractivity contribution in [1.82, 2.24) is 10.2 Å². The third kappa shape index (κ3) is 3.43. The Bertz CT molecular complexity index is 510. The van der Waals surface area contributed by atoms with E-state index in [2.05, 4.69) is 12.2 Å². The number of carbonyl (C=O) groups excluding carboxylic acids is 2. The van der Waals surface area contributed by atoms with E-state index in [-0.39, 0.29) is 24.0 Å². The summed E-state index contributed by atoms with van der Waals surface area (Å²) in [5, 5.41) is 3.02. The molecule has 2 atom stereocenters. The van der Waals surface area contributed by atoms with Crippen molar-refractivity contribution in [2.45, 2.75) is 58.5 Å². The molecule has 4 heteroatoms. The maximum Gasteiger partial charge on any atom is 0.324 e. The number of nitrogens with zero attached hydrogens (tertiary/aromatic N) is 1. The average molecular weight is 288 g/mol. The molecule has 1 N–H and O–H groups in total. The molecule has 0 radical (unpaired) electrons. The molecule has 1 aliphatic heterocycles. The van der Waals surface area contributed by atoms with E-state index in [1.165, 1.54) is 10.5 Å². The summed E-state index contributed by atoms with van der Waals surface area (Å²) in [6.07, 6.45) is 3.16. The van der Waals surface area contributed by atoms with E-state index in [0.29, 0.717) is 6.42 Å². The molecular formula is C17H24N2O2.